The number of benzene rings is 2. The van der Waals surface area contributed by atoms with Crippen LogP contribution in [0.2, 0.25) is 10.0 Å². The molecule has 1 aliphatic rings. The number of fused-ring (bicyclic) bond motifs is 1. The minimum atomic E-state index is -3.43. The molecule has 3 aromatic rings. The van der Waals surface area contributed by atoms with Crippen molar-refractivity contribution in [3.63, 3.8) is 0 Å². The lowest BCUT2D eigenvalue weighted by Crippen LogP contribution is -2.36. The second-order valence-electron chi connectivity index (χ2n) is 7.68. The molecule has 0 saturated heterocycles. The number of hydrogen-bond donors (Lipinski definition) is 1. The molecule has 4 rings (SSSR count). The normalized spacial score (nSPS) is 13.0. The van der Waals surface area contributed by atoms with Gasteiger partial charge in [0.1, 0.15) is 5.56 Å². The van der Waals surface area contributed by atoms with E-state index in [1.54, 1.807) is 6.92 Å². The third-order valence-corrected chi connectivity index (χ3v) is 5.91. The summed E-state index contributed by atoms with van der Waals surface area (Å²) in [5, 5.41) is 9.93. The quantitative estimate of drug-likeness (QED) is 0.453. The van der Waals surface area contributed by atoms with Crippen LogP contribution in [0, 0.1) is 12.7 Å². The van der Waals surface area contributed by atoms with E-state index in [4.69, 9.17) is 27.9 Å². The predicted molar refractivity (Wildman–Crippen MR) is 118 cm³/mol. The van der Waals surface area contributed by atoms with E-state index in [1.165, 1.54) is 36.4 Å². The summed E-state index contributed by atoms with van der Waals surface area (Å²) in [5.41, 5.74) is 1.40. The molecule has 0 bridgehead atoms. The second-order valence-corrected chi connectivity index (χ2v) is 8.50. The fraction of sp³-hybridized carbons (Fsp3) is 0.261. The molecule has 1 aliphatic carbocycles. The lowest BCUT2D eigenvalue weighted by Gasteiger charge is -2.20. The predicted octanol–water partition coefficient (Wildman–Crippen LogP) is 6.03. The molecule has 1 N–H and O–H groups in total. The summed E-state index contributed by atoms with van der Waals surface area (Å²) in [6.45, 7) is 0.730. The van der Waals surface area contributed by atoms with Crippen molar-refractivity contribution in [3.8, 4) is 11.6 Å². The van der Waals surface area contributed by atoms with Crippen molar-refractivity contribution >= 4 is 29.1 Å². The first-order valence-corrected chi connectivity index (χ1v) is 10.9. The molecule has 2 aromatic carbocycles. The average Bonchev–Trinajstić information content (AvgIpc) is 3.23. The molecular weight excluding hydrogens is 478 g/mol. The van der Waals surface area contributed by atoms with Gasteiger partial charge in [-0.15, -0.1) is 5.10 Å². The molecule has 0 radical (unpaired) electrons. The lowest BCUT2D eigenvalue weighted by molar-refractivity contribution is -0.00242. The van der Waals surface area contributed by atoms with E-state index in [0.29, 0.717) is 30.5 Å². The number of alkyl halides is 2. The Bertz CT molecular complexity index is 1240. The smallest absolute Gasteiger partial charge is 0.291 e. The van der Waals surface area contributed by atoms with Gasteiger partial charge in [0.05, 0.1) is 22.3 Å². The largest absolute Gasteiger partial charge is 0.434 e. The maximum atomic E-state index is 14.8. The van der Waals surface area contributed by atoms with Gasteiger partial charge in [0.25, 0.3) is 17.7 Å². The van der Waals surface area contributed by atoms with Gasteiger partial charge in [-0.2, -0.15) is 13.9 Å². The van der Waals surface area contributed by atoms with Crippen molar-refractivity contribution in [1.82, 2.24) is 15.5 Å². The zero-order valence-corrected chi connectivity index (χ0v) is 18.9. The standard InChI is InChI=1S/C23H18Cl2F3N3O2/c1-12-8-9-14(16(25)10-12)23(27,28)11-29-21(32)19-13-4-2-6-17(13)30-31-22(19)33-18-7-3-5-15(24)20(18)26/h3,5,7-10H,2,4,6,11H2,1H3,(H,29,32). The monoisotopic (exact) mass is 495 g/mol. The average molecular weight is 496 g/mol. The van der Waals surface area contributed by atoms with Crippen molar-refractivity contribution in [2.24, 2.45) is 0 Å². The number of amides is 1. The highest BCUT2D eigenvalue weighted by Crippen LogP contribution is 2.35. The molecule has 0 unspecified atom stereocenters. The van der Waals surface area contributed by atoms with Crippen LogP contribution in [-0.4, -0.2) is 22.6 Å². The Balaban J connectivity index is 1.63. The summed E-state index contributed by atoms with van der Waals surface area (Å²) in [5.74, 6) is -5.65. The zero-order chi connectivity index (χ0) is 23.8. The number of hydrogen-bond acceptors (Lipinski definition) is 4. The van der Waals surface area contributed by atoms with E-state index < -0.39 is 29.8 Å². The number of aryl methyl sites for hydroxylation is 2. The van der Waals surface area contributed by atoms with Gasteiger partial charge in [0.15, 0.2) is 11.6 Å². The molecule has 0 fully saturated rings. The Kier molecular flexibility index (Phi) is 6.50. The van der Waals surface area contributed by atoms with Crippen LogP contribution < -0.4 is 10.1 Å². The van der Waals surface area contributed by atoms with Crippen molar-refractivity contribution < 1.29 is 22.7 Å². The van der Waals surface area contributed by atoms with E-state index in [1.807, 2.05) is 0 Å². The van der Waals surface area contributed by atoms with Crippen molar-refractivity contribution in [1.29, 1.82) is 0 Å². The Labute approximate surface area is 197 Å². The SMILES string of the molecule is Cc1ccc(C(F)(F)CNC(=O)c2c(Oc3cccc(Cl)c3F)nnc3c2CCC3)c(Cl)c1. The van der Waals surface area contributed by atoms with E-state index in [9.17, 15) is 18.0 Å². The highest BCUT2D eigenvalue weighted by atomic mass is 35.5. The van der Waals surface area contributed by atoms with Crippen molar-refractivity contribution in [2.45, 2.75) is 32.1 Å². The third-order valence-electron chi connectivity index (χ3n) is 5.31. The molecule has 0 saturated carbocycles. The van der Waals surface area contributed by atoms with Crippen LogP contribution in [0.5, 0.6) is 11.6 Å². The molecule has 33 heavy (non-hydrogen) atoms. The molecule has 1 amide bonds. The Hall–Kier alpha value is -2.84. The minimum Gasteiger partial charge on any atom is -0.434 e. The van der Waals surface area contributed by atoms with E-state index in [2.05, 4.69) is 15.5 Å². The zero-order valence-electron chi connectivity index (χ0n) is 17.4. The summed E-state index contributed by atoms with van der Waals surface area (Å²) >= 11 is 11.8. The second kappa shape index (κ2) is 9.19. The molecule has 0 aliphatic heterocycles. The highest BCUT2D eigenvalue weighted by Gasteiger charge is 2.36. The van der Waals surface area contributed by atoms with Crippen LogP contribution >= 0.6 is 23.2 Å². The number of ether oxygens (including phenoxy) is 1. The molecule has 5 nitrogen and oxygen atoms in total. The lowest BCUT2D eigenvalue weighted by atomic mass is 10.1. The molecule has 172 valence electrons. The van der Waals surface area contributed by atoms with Gasteiger partial charge in [-0.1, -0.05) is 41.4 Å². The number of carbonyl (C=O) groups excluding carboxylic acids is 1. The first kappa shape index (κ1) is 23.3. The number of aromatic nitrogens is 2. The summed E-state index contributed by atoms with van der Waals surface area (Å²) < 4.78 is 49.5. The van der Waals surface area contributed by atoms with Crippen LogP contribution in [-0.2, 0) is 18.8 Å². The van der Waals surface area contributed by atoms with Crippen molar-refractivity contribution in [3.05, 3.63) is 80.2 Å². The Morgan fingerprint density at radius 1 is 1.15 bits per heavy atom. The number of rotatable bonds is 6. The first-order chi connectivity index (χ1) is 15.7. The Morgan fingerprint density at radius 3 is 2.70 bits per heavy atom. The van der Waals surface area contributed by atoms with Gasteiger partial charge in [0.2, 0.25) is 0 Å². The van der Waals surface area contributed by atoms with Crippen LogP contribution in [0.25, 0.3) is 0 Å². The summed E-state index contributed by atoms with van der Waals surface area (Å²) in [7, 11) is 0. The molecule has 1 aromatic heterocycles. The molecule has 0 spiro atoms. The van der Waals surface area contributed by atoms with Crippen LogP contribution in [0.1, 0.15) is 39.2 Å². The number of carbonyl (C=O) groups is 1. The third kappa shape index (κ3) is 4.77. The summed E-state index contributed by atoms with van der Waals surface area (Å²) in [6.07, 6.45) is 1.79. The van der Waals surface area contributed by atoms with Crippen LogP contribution in [0.4, 0.5) is 13.2 Å². The summed E-state index contributed by atoms with van der Waals surface area (Å²) in [4.78, 5) is 13.0. The minimum absolute atomic E-state index is 0.0531. The molecule has 10 heteroatoms. The van der Waals surface area contributed by atoms with Gasteiger partial charge in [-0.25, -0.2) is 4.39 Å². The van der Waals surface area contributed by atoms with Gasteiger partial charge in [-0.3, -0.25) is 4.79 Å². The maximum absolute atomic E-state index is 14.8. The molecule has 0 atom stereocenters. The number of nitrogens with zero attached hydrogens (tertiary/aromatic N) is 2. The van der Waals surface area contributed by atoms with E-state index in [-0.39, 0.29) is 27.2 Å². The van der Waals surface area contributed by atoms with E-state index in [0.717, 1.165) is 5.56 Å². The maximum Gasteiger partial charge on any atom is 0.291 e. The van der Waals surface area contributed by atoms with Crippen molar-refractivity contribution in [2.75, 3.05) is 6.54 Å². The fourth-order valence-corrected chi connectivity index (χ4v) is 4.20. The van der Waals surface area contributed by atoms with Crippen LogP contribution in [0.3, 0.4) is 0 Å². The van der Waals surface area contributed by atoms with E-state index >= 15 is 0 Å². The number of halogens is 5. The fourth-order valence-electron chi connectivity index (χ4n) is 3.66. The van der Waals surface area contributed by atoms with Gasteiger partial charge < -0.3 is 10.1 Å². The first-order valence-electron chi connectivity index (χ1n) is 10.1. The Morgan fingerprint density at radius 2 is 1.94 bits per heavy atom. The van der Waals surface area contributed by atoms with Gasteiger partial charge in [-0.05, 0) is 55.5 Å². The summed E-state index contributed by atoms with van der Waals surface area (Å²) in [6, 6.07) is 8.29. The molecular formula is C23H18Cl2F3N3O2. The number of nitrogens with one attached hydrogen (secondary N) is 1. The topological polar surface area (TPSA) is 64.1 Å². The van der Waals surface area contributed by atoms with Gasteiger partial charge >= 0.3 is 0 Å². The molecule has 1 heterocycles. The highest BCUT2D eigenvalue weighted by molar-refractivity contribution is 6.31. The van der Waals surface area contributed by atoms with Crippen LogP contribution in [0.15, 0.2) is 36.4 Å². The van der Waals surface area contributed by atoms with Gasteiger partial charge in [0, 0.05) is 5.56 Å².